The number of Topliss-reactive ketones (excluding diaryl/α,β-unsaturated/α-hetero) is 1. The van der Waals surface area contributed by atoms with Gasteiger partial charge in [-0.15, -0.1) is 0 Å². The van der Waals surface area contributed by atoms with Crippen LogP contribution in [-0.4, -0.2) is 42.5 Å². The molecule has 1 N–H and O–H groups in total. The van der Waals surface area contributed by atoms with Crippen LogP contribution in [0.5, 0.6) is 0 Å². The van der Waals surface area contributed by atoms with Crippen molar-refractivity contribution in [2.45, 2.75) is 25.6 Å². The second-order valence-electron chi connectivity index (χ2n) is 5.41. The molecule has 1 heterocycles. The van der Waals surface area contributed by atoms with Crippen LogP contribution in [-0.2, 0) is 0 Å². The monoisotopic (exact) mass is 311 g/mol. The summed E-state index contributed by atoms with van der Waals surface area (Å²) in [6.07, 6.45) is -3.65. The van der Waals surface area contributed by atoms with Crippen LogP contribution in [0.2, 0.25) is 0 Å². The number of ketones is 1. The van der Waals surface area contributed by atoms with Crippen LogP contribution >= 0.6 is 0 Å². The maximum atomic E-state index is 12.4. The van der Waals surface area contributed by atoms with Crippen molar-refractivity contribution in [3.63, 3.8) is 0 Å². The van der Waals surface area contributed by atoms with Gasteiger partial charge in [0.1, 0.15) is 0 Å². The van der Waals surface area contributed by atoms with Gasteiger partial charge in [0.25, 0.3) is 0 Å². The van der Waals surface area contributed by atoms with Crippen LogP contribution in [0.1, 0.15) is 29.3 Å². The highest BCUT2D eigenvalue weighted by Gasteiger charge is 2.34. The number of likely N-dealkylation sites (tertiary alicyclic amines) is 1. The maximum Gasteiger partial charge on any atom is 0.401 e. The summed E-state index contributed by atoms with van der Waals surface area (Å²) in [5.41, 5.74) is 1.34. The fraction of sp³-hybridized carbons (Fsp3) is 0.467. The number of hydrogen-bond acceptors (Lipinski definition) is 4. The smallest absolute Gasteiger partial charge is 0.380 e. The molecule has 1 aromatic carbocycles. The predicted octanol–water partition coefficient (Wildman–Crippen LogP) is 2.81. The molecular formula is C15H16F3N3O. The van der Waals surface area contributed by atoms with Gasteiger partial charge in [-0.05, 0) is 31.5 Å². The number of carbonyl (C=O) groups is 1. The molecule has 118 valence electrons. The van der Waals surface area contributed by atoms with E-state index < -0.39 is 12.7 Å². The number of alkyl halides is 3. The van der Waals surface area contributed by atoms with Gasteiger partial charge in [-0.1, -0.05) is 0 Å². The maximum absolute atomic E-state index is 12.4. The highest BCUT2D eigenvalue weighted by molar-refractivity contribution is 5.99. The standard InChI is InChI=1S/C15H16F3N3O/c1-10(22)13-3-2-11(7-19)6-14(13)20-12-4-5-21(8-12)9-15(16,17)18/h2-3,6,12,20H,4-5,8-9H2,1H3. The van der Waals surface area contributed by atoms with E-state index in [0.29, 0.717) is 29.8 Å². The summed E-state index contributed by atoms with van der Waals surface area (Å²) in [6.45, 7) is 1.10. The van der Waals surface area contributed by atoms with Crippen molar-refractivity contribution in [3.8, 4) is 6.07 Å². The van der Waals surface area contributed by atoms with Gasteiger partial charge in [-0.2, -0.15) is 18.4 Å². The molecule has 1 aliphatic rings. The Morgan fingerprint density at radius 3 is 2.82 bits per heavy atom. The number of halogens is 3. The van der Waals surface area contributed by atoms with Crippen molar-refractivity contribution >= 4 is 11.5 Å². The second-order valence-corrected chi connectivity index (χ2v) is 5.41. The third-order valence-corrected chi connectivity index (χ3v) is 3.56. The van der Waals surface area contributed by atoms with Crippen LogP contribution in [0.3, 0.4) is 0 Å². The minimum Gasteiger partial charge on any atom is -0.380 e. The molecule has 2 rings (SSSR count). The lowest BCUT2D eigenvalue weighted by Crippen LogP contribution is -2.34. The molecule has 1 atom stereocenters. The van der Waals surface area contributed by atoms with Crippen molar-refractivity contribution in [1.82, 2.24) is 4.90 Å². The van der Waals surface area contributed by atoms with E-state index in [-0.39, 0.29) is 18.4 Å². The van der Waals surface area contributed by atoms with Gasteiger partial charge in [-0.3, -0.25) is 9.69 Å². The molecule has 0 aliphatic carbocycles. The molecule has 7 heteroatoms. The summed E-state index contributed by atoms with van der Waals surface area (Å²) in [4.78, 5) is 12.9. The molecule has 0 saturated carbocycles. The second kappa shape index (κ2) is 6.36. The first kappa shape index (κ1) is 16.3. The Kier molecular flexibility index (Phi) is 4.71. The lowest BCUT2D eigenvalue weighted by atomic mass is 10.1. The zero-order valence-electron chi connectivity index (χ0n) is 12.1. The minimum absolute atomic E-state index is 0.155. The summed E-state index contributed by atoms with van der Waals surface area (Å²) < 4.78 is 37.2. The SMILES string of the molecule is CC(=O)c1ccc(C#N)cc1NC1CCN(CC(F)(F)F)C1. The third kappa shape index (κ3) is 4.21. The van der Waals surface area contributed by atoms with Crippen LogP contribution in [0.15, 0.2) is 18.2 Å². The van der Waals surface area contributed by atoms with E-state index >= 15 is 0 Å². The van der Waals surface area contributed by atoms with Crippen LogP contribution in [0.4, 0.5) is 18.9 Å². The molecule has 22 heavy (non-hydrogen) atoms. The fourth-order valence-electron chi connectivity index (χ4n) is 2.61. The lowest BCUT2D eigenvalue weighted by Gasteiger charge is -2.19. The van der Waals surface area contributed by atoms with Gasteiger partial charge in [0.15, 0.2) is 5.78 Å². The summed E-state index contributed by atoms with van der Waals surface area (Å²) in [6, 6.07) is 6.48. The van der Waals surface area contributed by atoms with Crippen molar-refractivity contribution in [3.05, 3.63) is 29.3 Å². The molecule has 1 saturated heterocycles. The van der Waals surface area contributed by atoms with Gasteiger partial charge in [0.2, 0.25) is 0 Å². The molecule has 1 aromatic rings. The van der Waals surface area contributed by atoms with Crippen molar-refractivity contribution < 1.29 is 18.0 Å². The van der Waals surface area contributed by atoms with Crippen molar-refractivity contribution in [2.75, 3.05) is 25.0 Å². The Morgan fingerprint density at radius 2 is 2.23 bits per heavy atom. The van der Waals surface area contributed by atoms with Crippen LogP contribution in [0.25, 0.3) is 0 Å². The summed E-state index contributed by atoms with van der Waals surface area (Å²) in [7, 11) is 0. The van der Waals surface area contributed by atoms with Gasteiger partial charge >= 0.3 is 6.18 Å². The normalized spacial score (nSPS) is 19.0. The van der Waals surface area contributed by atoms with Gasteiger partial charge in [0.05, 0.1) is 18.2 Å². The van der Waals surface area contributed by atoms with E-state index in [1.807, 2.05) is 6.07 Å². The number of carbonyl (C=O) groups excluding carboxylic acids is 1. The highest BCUT2D eigenvalue weighted by atomic mass is 19.4. The number of benzene rings is 1. The molecule has 0 radical (unpaired) electrons. The highest BCUT2D eigenvalue weighted by Crippen LogP contribution is 2.24. The number of nitrogens with one attached hydrogen (secondary N) is 1. The molecular weight excluding hydrogens is 295 g/mol. The number of hydrogen-bond donors (Lipinski definition) is 1. The molecule has 4 nitrogen and oxygen atoms in total. The summed E-state index contributed by atoms with van der Waals surface area (Å²) in [5.74, 6) is -0.155. The van der Waals surface area contributed by atoms with Crippen molar-refractivity contribution in [1.29, 1.82) is 5.26 Å². The largest absolute Gasteiger partial charge is 0.401 e. The topological polar surface area (TPSA) is 56.1 Å². The fourth-order valence-corrected chi connectivity index (χ4v) is 2.61. The lowest BCUT2D eigenvalue weighted by molar-refractivity contribution is -0.143. The zero-order valence-corrected chi connectivity index (χ0v) is 12.1. The molecule has 0 bridgehead atoms. The average molecular weight is 311 g/mol. The number of nitriles is 1. The first-order valence-electron chi connectivity index (χ1n) is 6.89. The van der Waals surface area contributed by atoms with E-state index in [9.17, 15) is 18.0 Å². The number of anilines is 1. The summed E-state index contributed by atoms with van der Waals surface area (Å²) >= 11 is 0. The van der Waals surface area contributed by atoms with Gasteiger partial charge in [-0.25, -0.2) is 0 Å². The first-order valence-corrected chi connectivity index (χ1v) is 6.89. The first-order chi connectivity index (χ1) is 10.3. The van der Waals surface area contributed by atoms with E-state index in [1.54, 1.807) is 18.2 Å². The third-order valence-electron chi connectivity index (χ3n) is 3.56. The molecule has 0 amide bonds. The van der Waals surface area contributed by atoms with E-state index in [2.05, 4.69) is 5.32 Å². The van der Waals surface area contributed by atoms with E-state index in [4.69, 9.17) is 5.26 Å². The molecule has 1 aliphatic heterocycles. The minimum atomic E-state index is -4.21. The average Bonchev–Trinajstić information content (AvgIpc) is 2.83. The number of rotatable bonds is 4. The Balaban J connectivity index is 2.08. The molecule has 0 aromatic heterocycles. The number of nitrogens with zero attached hydrogens (tertiary/aromatic N) is 2. The molecule has 1 fully saturated rings. The molecule has 0 spiro atoms. The van der Waals surface area contributed by atoms with E-state index in [1.165, 1.54) is 11.8 Å². The Hall–Kier alpha value is -2.07. The Labute approximate surface area is 126 Å². The summed E-state index contributed by atoms with van der Waals surface area (Å²) in [5, 5.41) is 12.0. The Bertz CT molecular complexity index is 607. The van der Waals surface area contributed by atoms with Crippen molar-refractivity contribution in [2.24, 2.45) is 0 Å². The zero-order chi connectivity index (χ0) is 16.3. The molecule has 1 unspecified atom stereocenters. The van der Waals surface area contributed by atoms with Gasteiger partial charge < -0.3 is 5.32 Å². The van der Waals surface area contributed by atoms with Crippen LogP contribution < -0.4 is 5.32 Å². The Morgan fingerprint density at radius 1 is 1.50 bits per heavy atom. The van der Waals surface area contributed by atoms with Crippen LogP contribution in [0, 0.1) is 11.3 Å². The van der Waals surface area contributed by atoms with Gasteiger partial charge in [0, 0.05) is 30.4 Å². The van der Waals surface area contributed by atoms with E-state index in [0.717, 1.165) is 0 Å². The quantitative estimate of drug-likeness (QED) is 0.869. The predicted molar refractivity (Wildman–Crippen MR) is 75.7 cm³/mol.